The molecule has 148 valence electrons. The third-order valence-corrected chi connectivity index (χ3v) is 5.73. The molecule has 1 aromatic heterocycles. The molecule has 5 nitrogen and oxygen atoms in total. The summed E-state index contributed by atoms with van der Waals surface area (Å²) in [4.78, 5) is 7.11. The number of rotatable bonds is 6. The number of hydrogen-bond acceptors (Lipinski definition) is 4. The minimum atomic E-state index is -0.618. The molecule has 0 spiro atoms. The number of nitrogens with two attached hydrogens (primary N) is 1. The molecule has 3 N–H and O–H groups in total. The number of aliphatic hydroxyl groups excluding tert-OH is 1. The Hall–Kier alpha value is -2.28. The van der Waals surface area contributed by atoms with Gasteiger partial charge in [-0.05, 0) is 61.7 Å². The van der Waals surface area contributed by atoms with Crippen LogP contribution < -0.4 is 5.73 Å². The smallest absolute Gasteiger partial charge is 0.139 e. The first kappa shape index (κ1) is 19.1. The summed E-state index contributed by atoms with van der Waals surface area (Å²) in [5.41, 5.74) is 8.51. The van der Waals surface area contributed by atoms with Crippen LogP contribution in [0.25, 0.3) is 11.0 Å². The molecular weight excluding hydrogens is 355 g/mol. The molecule has 0 bridgehead atoms. The van der Waals surface area contributed by atoms with E-state index in [0.717, 1.165) is 49.1 Å². The SMILES string of the molecule is NCCN1CCC(C(O)c2nc3ccccc3n2Cc2ccc(F)cc2)CC1. The van der Waals surface area contributed by atoms with Crippen molar-refractivity contribution < 1.29 is 9.50 Å². The predicted octanol–water partition coefficient (Wildman–Crippen LogP) is 2.93. The van der Waals surface area contributed by atoms with E-state index in [1.165, 1.54) is 12.1 Å². The number of para-hydroxylation sites is 2. The number of imidazole rings is 1. The molecule has 28 heavy (non-hydrogen) atoms. The standard InChI is InChI=1S/C22H27FN4O/c23-18-7-5-16(6-8-18)15-27-20-4-2-1-3-19(20)25-22(27)21(28)17-9-12-26(13-10-17)14-11-24/h1-8,17,21,28H,9-15,24H2. The molecule has 0 saturated carbocycles. The van der Waals surface area contributed by atoms with Crippen molar-refractivity contribution in [3.8, 4) is 0 Å². The second-order valence-corrected chi connectivity index (χ2v) is 7.58. The molecule has 1 unspecified atom stereocenters. The van der Waals surface area contributed by atoms with Crippen molar-refractivity contribution in [3.05, 3.63) is 65.7 Å². The summed E-state index contributed by atoms with van der Waals surface area (Å²) in [6.07, 6.45) is 1.25. The molecule has 1 aliphatic rings. The van der Waals surface area contributed by atoms with Crippen LogP contribution in [0.2, 0.25) is 0 Å². The van der Waals surface area contributed by atoms with Gasteiger partial charge < -0.3 is 20.3 Å². The van der Waals surface area contributed by atoms with Gasteiger partial charge in [0.1, 0.15) is 17.7 Å². The summed E-state index contributed by atoms with van der Waals surface area (Å²) in [7, 11) is 0. The van der Waals surface area contributed by atoms with Crippen molar-refractivity contribution in [3.63, 3.8) is 0 Å². The van der Waals surface area contributed by atoms with Gasteiger partial charge >= 0.3 is 0 Å². The van der Waals surface area contributed by atoms with Crippen molar-refractivity contribution in [2.75, 3.05) is 26.2 Å². The van der Waals surface area contributed by atoms with Crippen LogP contribution in [0, 0.1) is 11.7 Å². The lowest BCUT2D eigenvalue weighted by Crippen LogP contribution is -2.38. The number of likely N-dealkylation sites (tertiary alicyclic amines) is 1. The zero-order valence-corrected chi connectivity index (χ0v) is 16.0. The first-order valence-electron chi connectivity index (χ1n) is 9.96. The Morgan fingerprint density at radius 3 is 2.54 bits per heavy atom. The average Bonchev–Trinajstić information content (AvgIpc) is 3.08. The van der Waals surface area contributed by atoms with E-state index >= 15 is 0 Å². The summed E-state index contributed by atoms with van der Waals surface area (Å²) in [5.74, 6) is 0.629. The van der Waals surface area contributed by atoms with E-state index in [4.69, 9.17) is 10.7 Å². The van der Waals surface area contributed by atoms with Gasteiger partial charge in [-0.1, -0.05) is 24.3 Å². The maximum absolute atomic E-state index is 13.3. The summed E-state index contributed by atoms with van der Waals surface area (Å²) >= 11 is 0. The van der Waals surface area contributed by atoms with E-state index in [2.05, 4.69) is 9.47 Å². The van der Waals surface area contributed by atoms with Gasteiger partial charge in [0.25, 0.3) is 0 Å². The molecule has 1 saturated heterocycles. The van der Waals surface area contributed by atoms with Crippen LogP contribution in [0.5, 0.6) is 0 Å². The van der Waals surface area contributed by atoms with E-state index in [9.17, 15) is 9.50 Å². The first-order valence-corrected chi connectivity index (χ1v) is 9.96. The Balaban J connectivity index is 1.62. The summed E-state index contributed by atoms with van der Waals surface area (Å²) in [6.45, 7) is 4.04. The van der Waals surface area contributed by atoms with Gasteiger partial charge in [-0.2, -0.15) is 0 Å². The third kappa shape index (κ3) is 3.94. The molecule has 0 aliphatic carbocycles. The lowest BCUT2D eigenvalue weighted by molar-refractivity contribution is 0.0519. The number of aliphatic hydroxyl groups is 1. The predicted molar refractivity (Wildman–Crippen MR) is 108 cm³/mol. The minimum Gasteiger partial charge on any atom is -0.385 e. The van der Waals surface area contributed by atoms with Crippen molar-refractivity contribution in [1.82, 2.24) is 14.5 Å². The quantitative estimate of drug-likeness (QED) is 0.688. The molecule has 1 fully saturated rings. The summed E-state index contributed by atoms with van der Waals surface area (Å²) in [5, 5.41) is 11.2. The van der Waals surface area contributed by atoms with Crippen LogP contribution in [0.3, 0.4) is 0 Å². The monoisotopic (exact) mass is 382 g/mol. The largest absolute Gasteiger partial charge is 0.385 e. The average molecular weight is 382 g/mol. The van der Waals surface area contributed by atoms with Gasteiger partial charge in [0.2, 0.25) is 0 Å². The highest BCUT2D eigenvalue weighted by Crippen LogP contribution is 2.32. The third-order valence-electron chi connectivity index (χ3n) is 5.73. The van der Waals surface area contributed by atoms with E-state index in [1.807, 2.05) is 24.3 Å². The van der Waals surface area contributed by atoms with Gasteiger partial charge in [-0.25, -0.2) is 9.37 Å². The van der Waals surface area contributed by atoms with Gasteiger partial charge in [0, 0.05) is 19.6 Å². The highest BCUT2D eigenvalue weighted by Gasteiger charge is 2.29. The molecule has 0 radical (unpaired) electrons. The highest BCUT2D eigenvalue weighted by atomic mass is 19.1. The Bertz CT molecular complexity index is 916. The molecule has 0 amide bonds. The van der Waals surface area contributed by atoms with Crippen LogP contribution in [0.4, 0.5) is 4.39 Å². The van der Waals surface area contributed by atoms with Crippen LogP contribution >= 0.6 is 0 Å². The van der Waals surface area contributed by atoms with Gasteiger partial charge in [-0.15, -0.1) is 0 Å². The number of piperidine rings is 1. The molecule has 2 aromatic carbocycles. The summed E-state index contributed by atoms with van der Waals surface area (Å²) in [6, 6.07) is 14.4. The Labute approximate surface area is 164 Å². The van der Waals surface area contributed by atoms with Crippen molar-refractivity contribution >= 4 is 11.0 Å². The zero-order chi connectivity index (χ0) is 19.5. The second-order valence-electron chi connectivity index (χ2n) is 7.58. The van der Waals surface area contributed by atoms with Crippen molar-refractivity contribution in [2.45, 2.75) is 25.5 Å². The molecular formula is C22H27FN4O. The molecule has 4 rings (SSSR count). The van der Waals surface area contributed by atoms with Crippen molar-refractivity contribution in [1.29, 1.82) is 0 Å². The number of aromatic nitrogens is 2. The minimum absolute atomic E-state index is 0.179. The lowest BCUT2D eigenvalue weighted by atomic mass is 9.90. The van der Waals surface area contributed by atoms with Gasteiger partial charge in [0.15, 0.2) is 0 Å². The number of hydrogen-bond donors (Lipinski definition) is 2. The number of fused-ring (bicyclic) bond motifs is 1. The molecule has 1 atom stereocenters. The highest BCUT2D eigenvalue weighted by molar-refractivity contribution is 5.76. The first-order chi connectivity index (χ1) is 13.7. The van der Waals surface area contributed by atoms with Gasteiger partial charge in [0.05, 0.1) is 11.0 Å². The van der Waals surface area contributed by atoms with Gasteiger partial charge in [-0.3, -0.25) is 0 Å². The van der Waals surface area contributed by atoms with E-state index < -0.39 is 6.10 Å². The van der Waals surface area contributed by atoms with E-state index in [0.29, 0.717) is 18.9 Å². The number of benzene rings is 2. The van der Waals surface area contributed by atoms with Crippen LogP contribution in [0.15, 0.2) is 48.5 Å². The number of nitrogens with zero attached hydrogens (tertiary/aromatic N) is 3. The van der Waals surface area contributed by atoms with Crippen molar-refractivity contribution in [2.24, 2.45) is 11.7 Å². The number of halogens is 1. The fourth-order valence-corrected chi connectivity index (χ4v) is 4.14. The van der Waals surface area contributed by atoms with Crippen LogP contribution in [0.1, 0.15) is 30.3 Å². The zero-order valence-electron chi connectivity index (χ0n) is 16.0. The normalized spacial score (nSPS) is 17.2. The fourth-order valence-electron chi connectivity index (χ4n) is 4.14. The molecule has 6 heteroatoms. The molecule has 1 aliphatic heterocycles. The van der Waals surface area contributed by atoms with E-state index in [-0.39, 0.29) is 11.7 Å². The Morgan fingerprint density at radius 2 is 1.82 bits per heavy atom. The Morgan fingerprint density at radius 1 is 1.11 bits per heavy atom. The maximum Gasteiger partial charge on any atom is 0.139 e. The topological polar surface area (TPSA) is 67.3 Å². The lowest BCUT2D eigenvalue weighted by Gasteiger charge is -2.33. The second kappa shape index (κ2) is 8.39. The maximum atomic E-state index is 13.3. The Kier molecular flexibility index (Phi) is 5.71. The summed E-state index contributed by atoms with van der Waals surface area (Å²) < 4.78 is 15.4. The molecule has 3 aromatic rings. The molecule has 2 heterocycles. The van der Waals surface area contributed by atoms with Crippen LogP contribution in [-0.2, 0) is 6.54 Å². The van der Waals surface area contributed by atoms with E-state index in [1.54, 1.807) is 12.1 Å². The van der Waals surface area contributed by atoms with Crippen LogP contribution in [-0.4, -0.2) is 45.7 Å². The fraction of sp³-hybridized carbons (Fsp3) is 0.409.